The van der Waals surface area contributed by atoms with E-state index in [0.717, 1.165) is 17.3 Å². The maximum absolute atomic E-state index is 6.29. The van der Waals surface area contributed by atoms with Gasteiger partial charge in [-0.3, -0.25) is 0 Å². The second-order valence-electron chi connectivity index (χ2n) is 6.75. The molecule has 3 heteroatoms. The zero-order valence-electron chi connectivity index (χ0n) is 13.5. The molecule has 1 nitrogen and oxygen atoms in total. The summed E-state index contributed by atoms with van der Waals surface area (Å²) in [6.07, 6.45) is 5.20. The molecule has 2 rings (SSSR count). The summed E-state index contributed by atoms with van der Waals surface area (Å²) in [5, 5.41) is 5.40. The molecule has 2 atom stereocenters. The molecule has 1 aliphatic rings. The first-order chi connectivity index (χ1) is 10.0. The predicted octanol–water partition coefficient (Wildman–Crippen LogP) is 5.52. The Balaban J connectivity index is 2.00. The van der Waals surface area contributed by atoms with E-state index in [0.29, 0.717) is 16.7 Å². The Labute approximate surface area is 139 Å². The lowest BCUT2D eigenvalue weighted by Crippen LogP contribution is -2.51. The van der Waals surface area contributed by atoms with Crippen LogP contribution in [0.4, 0.5) is 0 Å². The van der Waals surface area contributed by atoms with Crippen molar-refractivity contribution in [1.82, 2.24) is 5.32 Å². The Bertz CT molecular complexity index is 447. The molecule has 21 heavy (non-hydrogen) atoms. The zero-order valence-corrected chi connectivity index (χ0v) is 15.1. The molecule has 0 saturated heterocycles. The van der Waals surface area contributed by atoms with Crippen molar-refractivity contribution in [3.63, 3.8) is 0 Å². The Morgan fingerprint density at radius 1 is 1.33 bits per heavy atom. The van der Waals surface area contributed by atoms with Gasteiger partial charge in [0.25, 0.3) is 0 Å². The highest BCUT2D eigenvalue weighted by Gasteiger charge is 2.38. The monoisotopic (exact) mass is 325 g/mol. The maximum Gasteiger partial charge on any atom is 0.0446 e. The van der Waals surface area contributed by atoms with Crippen LogP contribution in [0.3, 0.4) is 0 Å². The lowest BCUT2D eigenvalue weighted by atomic mass is 9.73. The van der Waals surface area contributed by atoms with Crippen LogP contribution in [0.1, 0.15) is 52.0 Å². The predicted molar refractivity (Wildman–Crippen MR) is 96.2 cm³/mol. The molecule has 0 amide bonds. The number of halogens is 1. The summed E-state index contributed by atoms with van der Waals surface area (Å²) in [5.74, 6) is 1.02. The number of benzene rings is 1. The van der Waals surface area contributed by atoms with Crippen molar-refractivity contribution in [3.05, 3.63) is 34.9 Å². The van der Waals surface area contributed by atoms with Gasteiger partial charge in [-0.2, -0.15) is 11.8 Å². The van der Waals surface area contributed by atoms with Crippen LogP contribution < -0.4 is 5.32 Å². The third-order valence-corrected chi connectivity index (χ3v) is 6.33. The van der Waals surface area contributed by atoms with E-state index in [1.807, 2.05) is 12.1 Å². The molecule has 1 aromatic carbocycles. The molecule has 118 valence electrons. The van der Waals surface area contributed by atoms with Crippen LogP contribution in [0, 0.1) is 5.41 Å². The van der Waals surface area contributed by atoms with Crippen LogP contribution in [-0.2, 0) is 5.75 Å². The summed E-state index contributed by atoms with van der Waals surface area (Å²) >= 11 is 8.37. The SMILES string of the molecule is CCCNC1C(SCc2ccccc2Cl)CCCC1(C)C. The van der Waals surface area contributed by atoms with E-state index in [2.05, 4.69) is 50.0 Å². The Hall–Kier alpha value is -0.180. The summed E-state index contributed by atoms with van der Waals surface area (Å²) in [6.45, 7) is 8.21. The van der Waals surface area contributed by atoms with Crippen molar-refractivity contribution in [2.45, 2.75) is 63.5 Å². The highest BCUT2D eigenvalue weighted by atomic mass is 35.5. The van der Waals surface area contributed by atoms with Gasteiger partial charge in [-0.1, -0.05) is 57.0 Å². The second kappa shape index (κ2) is 7.89. The number of thioether (sulfide) groups is 1. The van der Waals surface area contributed by atoms with Crippen LogP contribution in [0.5, 0.6) is 0 Å². The van der Waals surface area contributed by atoms with Gasteiger partial charge in [0.2, 0.25) is 0 Å². The van der Waals surface area contributed by atoms with E-state index >= 15 is 0 Å². The molecule has 0 bridgehead atoms. The van der Waals surface area contributed by atoms with Gasteiger partial charge in [0.1, 0.15) is 0 Å². The minimum atomic E-state index is 0.394. The van der Waals surface area contributed by atoms with Gasteiger partial charge < -0.3 is 5.32 Å². The molecule has 1 aliphatic carbocycles. The van der Waals surface area contributed by atoms with Gasteiger partial charge in [0.15, 0.2) is 0 Å². The Kier molecular flexibility index (Phi) is 6.46. The smallest absolute Gasteiger partial charge is 0.0446 e. The summed E-state index contributed by atoms with van der Waals surface area (Å²) in [6, 6.07) is 8.84. The zero-order chi connectivity index (χ0) is 15.3. The summed E-state index contributed by atoms with van der Waals surface area (Å²) in [4.78, 5) is 0. The minimum absolute atomic E-state index is 0.394. The molecule has 1 fully saturated rings. The van der Waals surface area contributed by atoms with Crippen LogP contribution in [0.2, 0.25) is 5.02 Å². The topological polar surface area (TPSA) is 12.0 Å². The third-order valence-electron chi connectivity index (χ3n) is 4.55. The van der Waals surface area contributed by atoms with E-state index in [-0.39, 0.29) is 0 Å². The Morgan fingerprint density at radius 2 is 2.10 bits per heavy atom. The third kappa shape index (κ3) is 4.64. The maximum atomic E-state index is 6.29. The standard InChI is InChI=1S/C18H28ClNS/c1-4-12-20-17-16(10-7-11-18(17,2)3)21-13-14-8-5-6-9-15(14)19/h5-6,8-9,16-17,20H,4,7,10-13H2,1-3H3. The average molecular weight is 326 g/mol. The fraction of sp³-hybridized carbons (Fsp3) is 0.667. The van der Waals surface area contributed by atoms with Gasteiger partial charge in [0.05, 0.1) is 0 Å². The molecule has 0 spiro atoms. The molecule has 2 unspecified atom stereocenters. The summed E-state index contributed by atoms with van der Waals surface area (Å²) in [7, 11) is 0. The minimum Gasteiger partial charge on any atom is -0.312 e. The normalized spacial score (nSPS) is 25.0. The van der Waals surface area contributed by atoms with Gasteiger partial charge in [-0.15, -0.1) is 0 Å². The molecular weight excluding hydrogens is 298 g/mol. The van der Waals surface area contributed by atoms with Gasteiger partial charge in [0, 0.05) is 22.1 Å². The average Bonchev–Trinajstić information content (AvgIpc) is 2.45. The highest BCUT2D eigenvalue weighted by molar-refractivity contribution is 7.99. The molecule has 0 aromatic heterocycles. The van der Waals surface area contributed by atoms with Crippen LogP contribution in [0.15, 0.2) is 24.3 Å². The molecule has 0 heterocycles. The number of rotatable bonds is 6. The molecule has 1 aromatic rings. The van der Waals surface area contributed by atoms with Crippen molar-refractivity contribution >= 4 is 23.4 Å². The first kappa shape index (κ1) is 17.2. The van der Waals surface area contributed by atoms with Gasteiger partial charge in [-0.25, -0.2) is 0 Å². The van der Waals surface area contributed by atoms with Crippen molar-refractivity contribution in [2.75, 3.05) is 6.54 Å². The lowest BCUT2D eigenvalue weighted by Gasteiger charge is -2.44. The molecule has 0 aliphatic heterocycles. The van der Waals surface area contributed by atoms with E-state index in [9.17, 15) is 0 Å². The summed E-state index contributed by atoms with van der Waals surface area (Å²) < 4.78 is 0. The lowest BCUT2D eigenvalue weighted by molar-refractivity contribution is 0.175. The fourth-order valence-corrected chi connectivity index (χ4v) is 5.20. The quantitative estimate of drug-likeness (QED) is 0.739. The van der Waals surface area contributed by atoms with E-state index in [1.165, 1.54) is 31.2 Å². The van der Waals surface area contributed by atoms with E-state index in [1.54, 1.807) is 0 Å². The highest BCUT2D eigenvalue weighted by Crippen LogP contribution is 2.41. The molecule has 0 radical (unpaired) electrons. The van der Waals surface area contributed by atoms with Crippen molar-refractivity contribution in [3.8, 4) is 0 Å². The van der Waals surface area contributed by atoms with E-state index in [4.69, 9.17) is 11.6 Å². The number of hydrogen-bond acceptors (Lipinski definition) is 2. The first-order valence-corrected chi connectivity index (χ1v) is 9.55. The van der Waals surface area contributed by atoms with E-state index < -0.39 is 0 Å². The number of nitrogens with one attached hydrogen (secondary N) is 1. The Morgan fingerprint density at radius 3 is 2.81 bits per heavy atom. The largest absolute Gasteiger partial charge is 0.312 e. The van der Waals surface area contributed by atoms with Gasteiger partial charge in [-0.05, 0) is 42.9 Å². The molecule has 1 saturated carbocycles. The van der Waals surface area contributed by atoms with Crippen molar-refractivity contribution < 1.29 is 0 Å². The van der Waals surface area contributed by atoms with Crippen molar-refractivity contribution in [2.24, 2.45) is 5.41 Å². The van der Waals surface area contributed by atoms with Crippen molar-refractivity contribution in [1.29, 1.82) is 0 Å². The fourth-order valence-electron chi connectivity index (χ4n) is 3.28. The van der Waals surface area contributed by atoms with Crippen LogP contribution in [-0.4, -0.2) is 17.8 Å². The number of hydrogen-bond donors (Lipinski definition) is 1. The van der Waals surface area contributed by atoms with Crippen LogP contribution in [0.25, 0.3) is 0 Å². The van der Waals surface area contributed by atoms with Crippen LogP contribution >= 0.6 is 23.4 Å². The summed E-state index contributed by atoms with van der Waals surface area (Å²) in [5.41, 5.74) is 1.66. The second-order valence-corrected chi connectivity index (χ2v) is 8.39. The first-order valence-electron chi connectivity index (χ1n) is 8.13. The van der Waals surface area contributed by atoms with Gasteiger partial charge >= 0.3 is 0 Å². The molecular formula is C18H28ClNS. The molecule has 1 N–H and O–H groups in total.